The van der Waals surface area contributed by atoms with Gasteiger partial charge in [-0.05, 0) is 27.2 Å². The largest absolute Gasteiger partial charge is 0.392 e. The van der Waals surface area contributed by atoms with Gasteiger partial charge in [-0.3, -0.25) is 9.59 Å². The second-order valence-electron chi connectivity index (χ2n) is 4.70. The molecule has 2 N–H and O–H groups in total. The number of nitrogens with zero attached hydrogens (tertiary/aromatic N) is 1. The SMILES string of the molecule is CC(O)CN(C)C(=O)CCCC(=O)NC(C)C. The summed E-state index contributed by atoms with van der Waals surface area (Å²) < 4.78 is 0. The van der Waals surface area contributed by atoms with Crippen LogP contribution in [-0.4, -0.2) is 47.6 Å². The van der Waals surface area contributed by atoms with Crippen LogP contribution in [-0.2, 0) is 9.59 Å². The van der Waals surface area contributed by atoms with Crippen LogP contribution < -0.4 is 5.32 Å². The van der Waals surface area contributed by atoms with Gasteiger partial charge in [0, 0.05) is 32.5 Å². The summed E-state index contributed by atoms with van der Waals surface area (Å²) in [5.74, 6) is -0.0609. The molecule has 0 aromatic heterocycles. The molecule has 0 aliphatic carbocycles. The second-order valence-corrected chi connectivity index (χ2v) is 4.70. The first kappa shape index (κ1) is 15.9. The van der Waals surface area contributed by atoms with Crippen molar-refractivity contribution in [1.29, 1.82) is 0 Å². The fourth-order valence-electron chi connectivity index (χ4n) is 1.48. The van der Waals surface area contributed by atoms with Crippen LogP contribution in [0.1, 0.15) is 40.0 Å². The Morgan fingerprint density at radius 3 is 2.29 bits per heavy atom. The Balaban J connectivity index is 3.74. The predicted molar refractivity (Wildman–Crippen MR) is 66.4 cm³/mol. The van der Waals surface area contributed by atoms with Crippen LogP contribution in [0.2, 0.25) is 0 Å². The van der Waals surface area contributed by atoms with Gasteiger partial charge in [-0.15, -0.1) is 0 Å². The molecule has 0 heterocycles. The second kappa shape index (κ2) is 8.06. The molecule has 100 valence electrons. The lowest BCUT2D eigenvalue weighted by Gasteiger charge is -2.18. The normalized spacial score (nSPS) is 12.4. The van der Waals surface area contributed by atoms with Crippen molar-refractivity contribution in [1.82, 2.24) is 10.2 Å². The van der Waals surface area contributed by atoms with Crippen molar-refractivity contribution in [3.05, 3.63) is 0 Å². The Morgan fingerprint density at radius 1 is 1.24 bits per heavy atom. The molecule has 0 spiro atoms. The number of amides is 2. The molecule has 5 heteroatoms. The molecular weight excluding hydrogens is 220 g/mol. The van der Waals surface area contributed by atoms with Gasteiger partial charge in [-0.2, -0.15) is 0 Å². The molecular formula is C12H24N2O3. The van der Waals surface area contributed by atoms with Crippen molar-refractivity contribution in [2.24, 2.45) is 0 Å². The number of rotatable bonds is 7. The minimum atomic E-state index is -0.520. The Hall–Kier alpha value is -1.10. The van der Waals surface area contributed by atoms with Crippen molar-refractivity contribution in [3.8, 4) is 0 Å². The highest BCUT2D eigenvalue weighted by Gasteiger charge is 2.11. The highest BCUT2D eigenvalue weighted by Crippen LogP contribution is 2.01. The van der Waals surface area contributed by atoms with Crippen molar-refractivity contribution in [2.45, 2.75) is 52.2 Å². The maximum atomic E-state index is 11.6. The lowest BCUT2D eigenvalue weighted by atomic mass is 10.2. The molecule has 5 nitrogen and oxygen atoms in total. The summed E-state index contributed by atoms with van der Waals surface area (Å²) in [6, 6.07) is 0.135. The number of hydrogen-bond acceptors (Lipinski definition) is 3. The van der Waals surface area contributed by atoms with Crippen molar-refractivity contribution < 1.29 is 14.7 Å². The van der Waals surface area contributed by atoms with Crippen molar-refractivity contribution in [3.63, 3.8) is 0 Å². The van der Waals surface area contributed by atoms with Gasteiger partial charge < -0.3 is 15.3 Å². The van der Waals surface area contributed by atoms with Crippen LogP contribution in [0.3, 0.4) is 0 Å². The van der Waals surface area contributed by atoms with Crippen LogP contribution in [0.25, 0.3) is 0 Å². The molecule has 0 aromatic rings. The number of likely N-dealkylation sites (N-methyl/N-ethyl adjacent to an activating group) is 1. The number of carbonyl (C=O) groups is 2. The van der Waals surface area contributed by atoms with E-state index in [2.05, 4.69) is 5.32 Å². The summed E-state index contributed by atoms with van der Waals surface area (Å²) in [4.78, 5) is 24.4. The van der Waals surface area contributed by atoms with E-state index in [1.54, 1.807) is 14.0 Å². The van der Waals surface area contributed by atoms with E-state index in [-0.39, 0.29) is 17.9 Å². The highest BCUT2D eigenvalue weighted by molar-refractivity contribution is 5.78. The number of aliphatic hydroxyl groups is 1. The molecule has 0 fully saturated rings. The predicted octanol–water partition coefficient (Wildman–Crippen LogP) is 0.520. The van der Waals surface area contributed by atoms with Crippen LogP contribution in [0, 0.1) is 0 Å². The summed E-state index contributed by atoms with van der Waals surface area (Å²) in [6.45, 7) is 5.77. The topological polar surface area (TPSA) is 69.6 Å². The third-order valence-corrected chi connectivity index (χ3v) is 2.21. The van der Waals surface area contributed by atoms with E-state index < -0.39 is 6.10 Å². The maximum absolute atomic E-state index is 11.6. The van der Waals surface area contributed by atoms with E-state index in [1.165, 1.54) is 4.90 Å². The summed E-state index contributed by atoms with van der Waals surface area (Å²) in [6.07, 6.45) is 0.732. The van der Waals surface area contributed by atoms with E-state index in [0.717, 1.165) is 0 Å². The van der Waals surface area contributed by atoms with Crippen LogP contribution in [0.5, 0.6) is 0 Å². The van der Waals surface area contributed by atoms with Gasteiger partial charge >= 0.3 is 0 Å². The van der Waals surface area contributed by atoms with E-state index >= 15 is 0 Å². The molecule has 2 amide bonds. The first-order valence-corrected chi connectivity index (χ1v) is 6.04. The molecule has 0 aromatic carbocycles. The molecule has 0 radical (unpaired) electrons. The zero-order chi connectivity index (χ0) is 13.4. The molecule has 0 bridgehead atoms. The van der Waals surface area contributed by atoms with Gasteiger partial charge in [0.05, 0.1) is 6.10 Å². The van der Waals surface area contributed by atoms with Gasteiger partial charge in [0.15, 0.2) is 0 Å². The summed E-state index contributed by atoms with van der Waals surface area (Å²) in [7, 11) is 1.66. The highest BCUT2D eigenvalue weighted by atomic mass is 16.3. The van der Waals surface area contributed by atoms with E-state index in [9.17, 15) is 9.59 Å². The fourth-order valence-corrected chi connectivity index (χ4v) is 1.48. The smallest absolute Gasteiger partial charge is 0.222 e. The Bertz CT molecular complexity index is 252. The maximum Gasteiger partial charge on any atom is 0.222 e. The third kappa shape index (κ3) is 8.68. The lowest BCUT2D eigenvalue weighted by molar-refractivity contribution is -0.131. The Kier molecular flexibility index (Phi) is 7.54. The summed E-state index contributed by atoms with van der Waals surface area (Å²) in [5, 5.41) is 11.9. The average Bonchev–Trinajstić information content (AvgIpc) is 2.14. The van der Waals surface area contributed by atoms with Crippen LogP contribution in [0.15, 0.2) is 0 Å². The number of aliphatic hydroxyl groups excluding tert-OH is 1. The quantitative estimate of drug-likeness (QED) is 0.686. The molecule has 1 atom stereocenters. The van der Waals surface area contributed by atoms with Gasteiger partial charge in [0.1, 0.15) is 0 Å². The molecule has 0 rings (SSSR count). The number of nitrogens with one attached hydrogen (secondary N) is 1. The van der Waals surface area contributed by atoms with Crippen LogP contribution in [0.4, 0.5) is 0 Å². The van der Waals surface area contributed by atoms with Gasteiger partial charge in [-0.25, -0.2) is 0 Å². The lowest BCUT2D eigenvalue weighted by Crippen LogP contribution is -2.33. The first-order chi connectivity index (χ1) is 7.82. The Morgan fingerprint density at radius 2 is 1.82 bits per heavy atom. The summed E-state index contributed by atoms with van der Waals surface area (Å²) in [5.41, 5.74) is 0. The minimum absolute atomic E-state index is 0.0222. The molecule has 17 heavy (non-hydrogen) atoms. The van der Waals surface area contributed by atoms with Crippen molar-refractivity contribution >= 4 is 11.8 Å². The van der Waals surface area contributed by atoms with E-state index in [4.69, 9.17) is 5.11 Å². The third-order valence-electron chi connectivity index (χ3n) is 2.21. The zero-order valence-electron chi connectivity index (χ0n) is 11.2. The average molecular weight is 244 g/mol. The van der Waals surface area contributed by atoms with Gasteiger partial charge in [0.2, 0.25) is 11.8 Å². The zero-order valence-corrected chi connectivity index (χ0v) is 11.2. The van der Waals surface area contributed by atoms with Crippen molar-refractivity contribution in [2.75, 3.05) is 13.6 Å². The first-order valence-electron chi connectivity index (χ1n) is 6.04. The molecule has 0 aliphatic heterocycles. The van der Waals surface area contributed by atoms with Crippen LogP contribution >= 0.6 is 0 Å². The van der Waals surface area contributed by atoms with E-state index in [0.29, 0.717) is 25.8 Å². The molecule has 1 unspecified atom stereocenters. The fraction of sp³-hybridized carbons (Fsp3) is 0.833. The number of hydrogen-bond donors (Lipinski definition) is 2. The molecule has 0 saturated carbocycles. The monoisotopic (exact) mass is 244 g/mol. The van der Waals surface area contributed by atoms with Gasteiger partial charge in [-0.1, -0.05) is 0 Å². The van der Waals surface area contributed by atoms with E-state index in [1.807, 2.05) is 13.8 Å². The number of carbonyl (C=O) groups excluding carboxylic acids is 2. The minimum Gasteiger partial charge on any atom is -0.392 e. The summed E-state index contributed by atoms with van der Waals surface area (Å²) >= 11 is 0. The Labute approximate surface area is 103 Å². The van der Waals surface area contributed by atoms with Gasteiger partial charge in [0.25, 0.3) is 0 Å². The standard InChI is InChI=1S/C12H24N2O3/c1-9(2)13-11(16)6-5-7-12(17)14(4)8-10(3)15/h9-10,15H,5-8H2,1-4H3,(H,13,16). The molecule has 0 aliphatic rings. The molecule has 0 saturated heterocycles.